The zero-order valence-electron chi connectivity index (χ0n) is 26.2. The van der Waals surface area contributed by atoms with Crippen LogP contribution in [0.25, 0.3) is 11.3 Å². The van der Waals surface area contributed by atoms with E-state index in [1.54, 1.807) is 50.2 Å². The number of fused-ring (bicyclic) bond motifs is 1. The van der Waals surface area contributed by atoms with Gasteiger partial charge in [0.1, 0.15) is 29.8 Å². The summed E-state index contributed by atoms with van der Waals surface area (Å²) in [6.45, 7) is 10.8. The molecule has 2 heterocycles. The van der Waals surface area contributed by atoms with Gasteiger partial charge in [0.25, 0.3) is 0 Å². The molecule has 238 valence electrons. The van der Waals surface area contributed by atoms with Gasteiger partial charge >= 0.3 is 0 Å². The molecule has 3 aromatic rings. The Morgan fingerprint density at radius 2 is 1.84 bits per heavy atom. The molecule has 1 aromatic heterocycles. The summed E-state index contributed by atoms with van der Waals surface area (Å²) >= 11 is 0. The fourth-order valence-corrected chi connectivity index (χ4v) is 5.61. The number of hydrogen-bond acceptors (Lipinski definition) is 8. The number of ether oxygens (including phenoxy) is 3. The first-order valence-corrected chi connectivity index (χ1v) is 15.6. The number of benzene rings is 2. The molecule has 0 aliphatic carbocycles. The van der Waals surface area contributed by atoms with Gasteiger partial charge in [0.05, 0.1) is 40.7 Å². The molecular weight excluding hydrogens is 587 g/mol. The highest BCUT2D eigenvalue weighted by atomic mass is 32.2. The third-order valence-electron chi connectivity index (χ3n) is 7.53. The third-order valence-corrected chi connectivity index (χ3v) is 9.27. The maximum atomic E-state index is 13.8. The second kappa shape index (κ2) is 12.9. The first-order chi connectivity index (χ1) is 20.6. The maximum absolute atomic E-state index is 13.8. The smallest absolute Gasteiger partial charge is 0.163 e. The normalized spacial score (nSPS) is 19.0. The van der Waals surface area contributed by atoms with Crippen LogP contribution in [0.5, 0.6) is 17.2 Å². The van der Waals surface area contributed by atoms with Gasteiger partial charge in [-0.05, 0) is 96.5 Å². The number of aliphatic hydroxyl groups is 2. The van der Waals surface area contributed by atoms with Gasteiger partial charge in [-0.2, -0.15) is 0 Å². The summed E-state index contributed by atoms with van der Waals surface area (Å²) in [6.07, 6.45) is -0.411. The summed E-state index contributed by atoms with van der Waals surface area (Å²) in [4.78, 5) is 18.0. The van der Waals surface area contributed by atoms with E-state index >= 15 is 0 Å². The van der Waals surface area contributed by atoms with Gasteiger partial charge < -0.3 is 24.4 Å². The zero-order valence-corrected chi connectivity index (χ0v) is 27.0. The third kappa shape index (κ3) is 7.28. The van der Waals surface area contributed by atoms with Crippen LogP contribution in [0, 0.1) is 5.82 Å². The Morgan fingerprint density at radius 1 is 1.16 bits per heavy atom. The highest BCUT2D eigenvalue weighted by Crippen LogP contribution is 2.45. The Balaban J connectivity index is 1.66. The number of nitrogens with one attached hydrogen (secondary N) is 1. The van der Waals surface area contributed by atoms with Crippen molar-refractivity contribution in [3.63, 3.8) is 0 Å². The van der Waals surface area contributed by atoms with Crippen molar-refractivity contribution in [2.75, 3.05) is 20.3 Å². The zero-order chi connectivity index (χ0) is 32.4. The Kier molecular flexibility index (Phi) is 9.84. The van der Waals surface area contributed by atoms with Crippen molar-refractivity contribution in [3.05, 3.63) is 71.2 Å². The topological polar surface area (TPSA) is 127 Å². The van der Waals surface area contributed by atoms with Crippen LogP contribution in [0.15, 0.2) is 48.5 Å². The molecule has 0 saturated heterocycles. The van der Waals surface area contributed by atoms with Crippen LogP contribution >= 0.6 is 0 Å². The monoisotopic (exact) mass is 628 g/mol. The van der Waals surface area contributed by atoms with Gasteiger partial charge in [0.15, 0.2) is 23.0 Å². The van der Waals surface area contributed by atoms with E-state index in [2.05, 4.69) is 4.72 Å². The van der Waals surface area contributed by atoms with Gasteiger partial charge in [-0.25, -0.2) is 18.3 Å². The van der Waals surface area contributed by atoms with Gasteiger partial charge in [0.2, 0.25) is 0 Å². The molecule has 0 fully saturated rings. The number of aromatic nitrogens is 1. The lowest BCUT2D eigenvalue weighted by Gasteiger charge is -2.30. The molecule has 0 spiro atoms. The lowest BCUT2D eigenvalue weighted by Crippen LogP contribution is -2.47. The SMILES string of the molecule is COc1cc(C(=O)CCC(C)(O)c2cc3c(c(-c4ccc(F)cc4)n2)OCC3(C)NS(=O)C(C)(C)C)ccc1OC(C)CO. The quantitative estimate of drug-likeness (QED) is 0.234. The van der Waals surface area contributed by atoms with Crippen molar-refractivity contribution < 1.29 is 37.8 Å². The number of Topliss-reactive ketones (excluding diaryl/α,β-unsaturated/α-hetero) is 1. The Bertz CT molecular complexity index is 1540. The number of hydrogen-bond donors (Lipinski definition) is 3. The molecule has 4 atom stereocenters. The van der Waals surface area contributed by atoms with E-state index < -0.39 is 38.8 Å². The van der Waals surface area contributed by atoms with Gasteiger partial charge in [-0.3, -0.25) is 4.79 Å². The Labute approximate surface area is 260 Å². The van der Waals surface area contributed by atoms with E-state index in [0.29, 0.717) is 45.3 Å². The molecule has 1 aliphatic heterocycles. The summed E-state index contributed by atoms with van der Waals surface area (Å²) in [5.74, 6) is 0.587. The second-order valence-corrected chi connectivity index (χ2v) is 14.5. The highest BCUT2D eigenvalue weighted by Gasteiger charge is 2.43. The highest BCUT2D eigenvalue weighted by molar-refractivity contribution is 7.84. The van der Waals surface area contributed by atoms with Crippen LogP contribution in [0.3, 0.4) is 0 Å². The molecule has 4 unspecified atom stereocenters. The van der Waals surface area contributed by atoms with Crippen LogP contribution in [0.4, 0.5) is 4.39 Å². The number of pyridine rings is 1. The molecule has 0 amide bonds. The standard InChI is InChI=1S/C33H41FN2O7S/c1-20(18-37)43-26-13-10-22(16-27(26)41-7)25(38)14-15-33(6,39)28-17-24-30(29(35-28)21-8-11-23(34)12-9-21)42-19-32(24,5)36-44(40)31(2,3)4/h8-13,16-17,20,36-37,39H,14-15,18-19H2,1-7H3. The van der Waals surface area contributed by atoms with Crippen LogP contribution in [0.2, 0.25) is 0 Å². The molecule has 1 aliphatic rings. The van der Waals surface area contributed by atoms with Crippen molar-refractivity contribution in [2.24, 2.45) is 0 Å². The van der Waals surface area contributed by atoms with E-state index in [4.69, 9.17) is 19.2 Å². The second-order valence-electron chi connectivity index (χ2n) is 12.5. The van der Waals surface area contributed by atoms with Gasteiger partial charge in [-0.1, -0.05) is 0 Å². The van der Waals surface area contributed by atoms with Gasteiger partial charge in [-0.15, -0.1) is 0 Å². The number of halogens is 1. The van der Waals surface area contributed by atoms with Crippen molar-refractivity contribution in [3.8, 4) is 28.5 Å². The average molecular weight is 629 g/mol. The van der Waals surface area contributed by atoms with E-state index in [0.717, 1.165) is 0 Å². The number of nitrogens with zero attached hydrogens (tertiary/aromatic N) is 1. The van der Waals surface area contributed by atoms with E-state index in [1.165, 1.54) is 19.2 Å². The largest absolute Gasteiger partial charge is 0.493 e. The van der Waals surface area contributed by atoms with Gasteiger partial charge in [0, 0.05) is 23.1 Å². The first-order valence-electron chi connectivity index (χ1n) is 14.4. The minimum atomic E-state index is -1.55. The van der Waals surface area contributed by atoms with Crippen molar-refractivity contribution >= 4 is 16.8 Å². The van der Waals surface area contributed by atoms with E-state index in [1.807, 2.05) is 27.7 Å². The fourth-order valence-electron chi connectivity index (χ4n) is 4.73. The summed E-state index contributed by atoms with van der Waals surface area (Å²) in [7, 11) is 0.0307. The van der Waals surface area contributed by atoms with E-state index in [9.17, 15) is 23.6 Å². The minimum absolute atomic E-state index is 0.00585. The predicted molar refractivity (Wildman–Crippen MR) is 167 cm³/mol. The first kappa shape index (κ1) is 33.5. The number of methoxy groups -OCH3 is 1. The number of rotatable bonds is 12. The lowest BCUT2D eigenvalue weighted by atomic mass is 9.88. The molecule has 0 radical (unpaired) electrons. The van der Waals surface area contributed by atoms with Crippen LogP contribution in [-0.4, -0.2) is 56.4 Å². The number of carbonyl (C=O) groups is 1. The van der Waals surface area contributed by atoms with Crippen molar-refractivity contribution in [1.29, 1.82) is 0 Å². The summed E-state index contributed by atoms with van der Waals surface area (Å²) in [5, 5.41) is 21.0. The minimum Gasteiger partial charge on any atom is -0.493 e. The van der Waals surface area contributed by atoms with E-state index in [-0.39, 0.29) is 31.8 Å². The molecule has 2 aromatic carbocycles. The molecular formula is C33H41FN2O7S. The Morgan fingerprint density at radius 3 is 2.45 bits per heavy atom. The number of carbonyl (C=O) groups excluding carboxylic acids is 1. The van der Waals surface area contributed by atoms with Crippen LogP contribution in [0.1, 0.15) is 76.0 Å². The number of ketones is 1. The average Bonchev–Trinajstić information content (AvgIpc) is 3.31. The summed E-state index contributed by atoms with van der Waals surface area (Å²) in [6, 6.07) is 12.3. The summed E-state index contributed by atoms with van der Waals surface area (Å²) in [5.41, 5.74) is -0.0945. The molecule has 9 nitrogen and oxygen atoms in total. The van der Waals surface area contributed by atoms with Crippen molar-refractivity contribution in [1.82, 2.24) is 9.71 Å². The molecule has 0 bridgehead atoms. The molecule has 0 saturated carbocycles. The predicted octanol–water partition coefficient (Wildman–Crippen LogP) is 5.19. The Hall–Kier alpha value is -3.38. The molecule has 11 heteroatoms. The molecule has 4 rings (SSSR count). The van der Waals surface area contributed by atoms with Crippen molar-refractivity contribution in [2.45, 2.75) is 76.4 Å². The summed E-state index contributed by atoms with van der Waals surface area (Å²) < 4.78 is 46.7. The molecule has 44 heavy (non-hydrogen) atoms. The number of aliphatic hydroxyl groups excluding tert-OH is 1. The van der Waals surface area contributed by atoms with Crippen LogP contribution < -0.4 is 18.9 Å². The fraction of sp³-hybridized carbons (Fsp3) is 0.455. The molecule has 3 N–H and O–H groups in total. The lowest BCUT2D eigenvalue weighted by molar-refractivity contribution is 0.0396. The maximum Gasteiger partial charge on any atom is 0.163 e. The van der Waals surface area contributed by atoms with Crippen LogP contribution in [-0.2, 0) is 22.1 Å².